The highest BCUT2D eigenvalue weighted by Crippen LogP contribution is 2.32. The summed E-state index contributed by atoms with van der Waals surface area (Å²) >= 11 is 12.2. The van der Waals surface area contributed by atoms with Crippen molar-refractivity contribution in [2.24, 2.45) is 0 Å². The van der Waals surface area contributed by atoms with Gasteiger partial charge in [0.1, 0.15) is 11.9 Å². The number of pyridine rings is 1. The molecule has 2 aromatic heterocycles. The van der Waals surface area contributed by atoms with Crippen LogP contribution >= 0.6 is 23.2 Å². The summed E-state index contributed by atoms with van der Waals surface area (Å²) < 4.78 is 13.6. The van der Waals surface area contributed by atoms with E-state index in [1.807, 2.05) is 13.0 Å². The SMILES string of the molecule is [2H]c1n[nH]c2ccc(OC(C)c3c(Cl)cncc3Cl)cc12. The monoisotopic (exact) mass is 308 g/mol. The third-order valence-electron chi connectivity index (χ3n) is 2.95. The van der Waals surface area contributed by atoms with Crippen LogP contribution in [0.4, 0.5) is 0 Å². The van der Waals surface area contributed by atoms with E-state index >= 15 is 0 Å². The Morgan fingerprint density at radius 3 is 2.80 bits per heavy atom. The maximum Gasteiger partial charge on any atom is 0.124 e. The fraction of sp³-hybridized carbons (Fsp3) is 0.143. The second-order valence-corrected chi connectivity index (χ2v) is 5.13. The van der Waals surface area contributed by atoms with Crippen molar-refractivity contribution < 1.29 is 6.11 Å². The van der Waals surface area contributed by atoms with Crippen molar-refractivity contribution in [3.05, 3.63) is 52.4 Å². The van der Waals surface area contributed by atoms with E-state index in [-0.39, 0.29) is 12.3 Å². The summed E-state index contributed by atoms with van der Waals surface area (Å²) in [6.45, 7) is 1.86. The lowest BCUT2D eigenvalue weighted by atomic mass is 10.1. The quantitative estimate of drug-likeness (QED) is 0.780. The molecular weight excluding hydrogens is 297 g/mol. The molecule has 0 aliphatic heterocycles. The molecule has 1 atom stereocenters. The zero-order valence-electron chi connectivity index (χ0n) is 11.5. The van der Waals surface area contributed by atoms with E-state index in [1.54, 1.807) is 12.1 Å². The van der Waals surface area contributed by atoms with Crippen molar-refractivity contribution in [2.45, 2.75) is 13.0 Å². The number of aromatic amines is 1. The fourth-order valence-electron chi connectivity index (χ4n) is 2.01. The van der Waals surface area contributed by atoms with Crippen molar-refractivity contribution >= 4 is 34.1 Å². The average molecular weight is 309 g/mol. The number of aromatic nitrogens is 3. The Bertz CT molecular complexity index is 786. The average Bonchev–Trinajstić information content (AvgIpc) is 2.80. The molecule has 0 amide bonds. The minimum absolute atomic E-state index is 0.183. The van der Waals surface area contributed by atoms with Gasteiger partial charge in [-0.05, 0) is 25.1 Å². The van der Waals surface area contributed by atoms with Crippen LogP contribution in [-0.4, -0.2) is 15.2 Å². The minimum Gasteiger partial charge on any atom is -0.486 e. The smallest absolute Gasteiger partial charge is 0.124 e. The minimum atomic E-state index is -0.341. The van der Waals surface area contributed by atoms with Crippen molar-refractivity contribution in [3.63, 3.8) is 0 Å². The Kier molecular flexibility index (Phi) is 3.18. The molecule has 0 saturated carbocycles. The Morgan fingerprint density at radius 1 is 1.30 bits per heavy atom. The number of hydrogen-bond acceptors (Lipinski definition) is 3. The number of benzene rings is 1. The third-order valence-corrected chi connectivity index (χ3v) is 3.56. The lowest BCUT2D eigenvalue weighted by Gasteiger charge is -2.17. The number of nitrogens with zero attached hydrogens (tertiary/aromatic N) is 2. The zero-order valence-corrected chi connectivity index (χ0v) is 12.0. The van der Waals surface area contributed by atoms with Crippen LogP contribution in [0.5, 0.6) is 5.75 Å². The van der Waals surface area contributed by atoms with Crippen molar-refractivity contribution in [2.75, 3.05) is 0 Å². The molecule has 102 valence electrons. The molecule has 0 aliphatic rings. The Labute approximate surface area is 127 Å². The van der Waals surface area contributed by atoms with Crippen LogP contribution in [-0.2, 0) is 0 Å². The van der Waals surface area contributed by atoms with Gasteiger partial charge in [-0.3, -0.25) is 10.1 Å². The second-order valence-electron chi connectivity index (χ2n) is 4.32. The first-order valence-electron chi connectivity index (χ1n) is 6.46. The van der Waals surface area contributed by atoms with Gasteiger partial charge in [-0.15, -0.1) is 0 Å². The molecule has 0 fully saturated rings. The van der Waals surface area contributed by atoms with E-state index in [2.05, 4.69) is 15.2 Å². The topological polar surface area (TPSA) is 50.8 Å². The summed E-state index contributed by atoms with van der Waals surface area (Å²) in [5.74, 6) is 0.619. The maximum absolute atomic E-state index is 7.71. The molecule has 3 rings (SSSR count). The predicted molar refractivity (Wildman–Crippen MR) is 79.4 cm³/mol. The second kappa shape index (κ2) is 5.31. The van der Waals surface area contributed by atoms with Crippen molar-refractivity contribution in [1.29, 1.82) is 0 Å². The molecule has 1 N–H and O–H groups in total. The van der Waals surface area contributed by atoms with E-state index < -0.39 is 0 Å². The summed E-state index contributed by atoms with van der Waals surface area (Å²) in [4.78, 5) is 3.92. The van der Waals surface area contributed by atoms with Gasteiger partial charge in [-0.25, -0.2) is 0 Å². The molecule has 20 heavy (non-hydrogen) atoms. The van der Waals surface area contributed by atoms with Crippen LogP contribution in [0.1, 0.15) is 20.0 Å². The van der Waals surface area contributed by atoms with E-state index in [9.17, 15) is 0 Å². The summed E-state index contributed by atoms with van der Waals surface area (Å²) in [5, 5.41) is 8.23. The van der Waals surface area contributed by atoms with Crippen LogP contribution in [0.15, 0.2) is 36.8 Å². The lowest BCUT2D eigenvalue weighted by Crippen LogP contribution is -2.05. The van der Waals surface area contributed by atoms with Gasteiger partial charge in [-0.2, -0.15) is 5.10 Å². The van der Waals surface area contributed by atoms with Crippen molar-refractivity contribution in [1.82, 2.24) is 15.2 Å². The van der Waals surface area contributed by atoms with Gasteiger partial charge in [0.05, 0.1) is 23.1 Å². The van der Waals surface area contributed by atoms with Gasteiger partial charge in [0.2, 0.25) is 0 Å². The number of nitrogens with one attached hydrogen (secondary N) is 1. The first-order chi connectivity index (χ1) is 10.1. The van der Waals surface area contributed by atoms with Gasteiger partial charge in [0.25, 0.3) is 0 Å². The number of fused-ring (bicyclic) bond motifs is 1. The van der Waals surface area contributed by atoms with Gasteiger partial charge in [-0.1, -0.05) is 23.2 Å². The number of rotatable bonds is 3. The molecule has 0 bridgehead atoms. The molecule has 1 aromatic carbocycles. The van der Waals surface area contributed by atoms with Crippen LogP contribution in [0.3, 0.4) is 0 Å². The highest BCUT2D eigenvalue weighted by Gasteiger charge is 2.16. The van der Waals surface area contributed by atoms with Crippen LogP contribution < -0.4 is 4.74 Å². The van der Waals surface area contributed by atoms with E-state index in [4.69, 9.17) is 29.3 Å². The van der Waals surface area contributed by atoms with Crippen LogP contribution in [0.2, 0.25) is 10.0 Å². The number of H-pyrrole nitrogens is 1. The first-order valence-corrected chi connectivity index (χ1v) is 6.72. The summed E-state index contributed by atoms with van der Waals surface area (Å²) in [6, 6.07) is 5.39. The molecule has 0 radical (unpaired) electrons. The maximum atomic E-state index is 7.71. The third kappa shape index (κ3) is 2.44. The van der Waals surface area contributed by atoms with Gasteiger partial charge in [0.15, 0.2) is 0 Å². The Hall–Kier alpha value is -1.78. The number of halogens is 2. The Morgan fingerprint density at radius 2 is 2.05 bits per heavy atom. The Balaban J connectivity index is 1.92. The largest absolute Gasteiger partial charge is 0.486 e. The molecular formula is C14H11Cl2N3O. The fourth-order valence-corrected chi connectivity index (χ4v) is 2.68. The standard InChI is InChI=1S/C14H11Cl2N3O/c1-8(14-11(15)6-17-7-12(14)16)20-10-2-3-13-9(4-10)5-18-19-13/h2-8H,1H3,(H,18,19)/i5D. The zero-order chi connectivity index (χ0) is 15.0. The molecule has 3 aromatic rings. The first kappa shape index (κ1) is 12.0. The predicted octanol–water partition coefficient (Wildman–Crippen LogP) is 4.40. The molecule has 4 nitrogen and oxygen atoms in total. The summed E-state index contributed by atoms with van der Waals surface area (Å²) in [7, 11) is 0. The van der Waals surface area contributed by atoms with Gasteiger partial charge in [0, 0.05) is 23.3 Å². The highest BCUT2D eigenvalue weighted by molar-refractivity contribution is 6.35. The molecule has 1 unspecified atom stereocenters. The molecule has 0 spiro atoms. The number of hydrogen-bond donors (Lipinski definition) is 1. The summed E-state index contributed by atoms with van der Waals surface area (Å²) in [6.07, 6.45) is 2.91. The van der Waals surface area contributed by atoms with Crippen LogP contribution in [0, 0.1) is 0 Å². The van der Waals surface area contributed by atoms with Crippen LogP contribution in [0.25, 0.3) is 10.9 Å². The lowest BCUT2D eigenvalue weighted by molar-refractivity contribution is 0.227. The molecule has 0 saturated heterocycles. The highest BCUT2D eigenvalue weighted by atomic mass is 35.5. The van der Waals surface area contributed by atoms with Crippen molar-refractivity contribution in [3.8, 4) is 5.75 Å². The number of ether oxygens (including phenoxy) is 1. The van der Waals surface area contributed by atoms with E-state index in [1.165, 1.54) is 12.4 Å². The molecule has 0 aliphatic carbocycles. The van der Waals surface area contributed by atoms with Gasteiger partial charge >= 0.3 is 0 Å². The normalized spacial score (nSPS) is 13.2. The summed E-state index contributed by atoms with van der Waals surface area (Å²) in [5.41, 5.74) is 1.48. The van der Waals surface area contributed by atoms with E-state index in [0.29, 0.717) is 26.7 Å². The molecule has 6 heteroatoms. The molecule has 2 heterocycles. The van der Waals surface area contributed by atoms with Gasteiger partial charge < -0.3 is 4.74 Å². The van der Waals surface area contributed by atoms with E-state index in [0.717, 1.165) is 5.52 Å².